The average Bonchev–Trinajstić information content (AvgIpc) is 2.29. The molecule has 0 aliphatic heterocycles. The van der Waals surface area contributed by atoms with Crippen molar-refractivity contribution in [3.05, 3.63) is 29.3 Å². The van der Waals surface area contributed by atoms with Gasteiger partial charge in [-0.05, 0) is 44.5 Å². The minimum absolute atomic E-state index is 0.0329. The Labute approximate surface area is 102 Å². The molecule has 0 radical (unpaired) electrons. The van der Waals surface area contributed by atoms with Gasteiger partial charge in [0.25, 0.3) is 0 Å². The highest BCUT2D eigenvalue weighted by Gasteiger charge is 2.11. The second-order valence-electron chi connectivity index (χ2n) is 3.90. The summed E-state index contributed by atoms with van der Waals surface area (Å²) in [5, 5.41) is 14.7. The highest BCUT2D eigenvalue weighted by molar-refractivity contribution is 5.84. The molecule has 1 rings (SSSR count). The molecule has 1 aromatic rings. The molecule has 90 valence electrons. The first kappa shape index (κ1) is 13.0. The van der Waals surface area contributed by atoms with Gasteiger partial charge in [0.2, 0.25) is 5.91 Å². The number of rotatable bonds is 4. The minimum atomic E-state index is -0.290. The van der Waals surface area contributed by atoms with Crippen LogP contribution in [0.15, 0.2) is 18.2 Å². The maximum absolute atomic E-state index is 11.5. The second kappa shape index (κ2) is 5.90. The van der Waals surface area contributed by atoms with E-state index < -0.39 is 0 Å². The molecule has 0 aliphatic rings. The van der Waals surface area contributed by atoms with Crippen LogP contribution in [0.5, 0.6) is 0 Å². The van der Waals surface area contributed by atoms with E-state index in [0.29, 0.717) is 12.1 Å². The number of anilines is 1. The molecule has 2 N–H and O–H groups in total. The third-order valence-electron chi connectivity index (χ3n) is 2.47. The van der Waals surface area contributed by atoms with Gasteiger partial charge >= 0.3 is 0 Å². The number of nitrogens with one attached hydrogen (secondary N) is 2. The number of likely N-dealkylation sites (N-methyl/N-ethyl adjacent to an activating group) is 1. The Morgan fingerprint density at radius 3 is 2.76 bits per heavy atom. The van der Waals surface area contributed by atoms with Crippen molar-refractivity contribution >= 4 is 11.6 Å². The van der Waals surface area contributed by atoms with E-state index in [0.717, 1.165) is 11.3 Å². The van der Waals surface area contributed by atoms with Gasteiger partial charge in [0.1, 0.15) is 6.04 Å². The van der Waals surface area contributed by atoms with Crippen LogP contribution < -0.4 is 10.6 Å². The molecule has 0 saturated carbocycles. The molecule has 17 heavy (non-hydrogen) atoms. The van der Waals surface area contributed by atoms with Crippen molar-refractivity contribution in [2.75, 3.05) is 11.9 Å². The van der Waals surface area contributed by atoms with Crippen molar-refractivity contribution in [3.8, 4) is 6.07 Å². The molecule has 0 heterocycles. The summed E-state index contributed by atoms with van der Waals surface area (Å²) in [5.41, 5.74) is 2.40. The summed E-state index contributed by atoms with van der Waals surface area (Å²) in [6.07, 6.45) is 0. The molecule has 0 aliphatic carbocycles. The first-order valence-electron chi connectivity index (χ1n) is 5.63. The molecular formula is C13H17N3O. The number of carbonyl (C=O) groups excluding carboxylic acids is 1. The van der Waals surface area contributed by atoms with Crippen LogP contribution >= 0.6 is 0 Å². The number of benzene rings is 1. The lowest BCUT2D eigenvalue weighted by Gasteiger charge is -2.15. The van der Waals surface area contributed by atoms with E-state index in [-0.39, 0.29) is 11.9 Å². The van der Waals surface area contributed by atoms with Gasteiger partial charge in [-0.2, -0.15) is 5.26 Å². The Hall–Kier alpha value is -2.02. The van der Waals surface area contributed by atoms with Gasteiger partial charge in [0, 0.05) is 12.2 Å². The number of aryl methyl sites for hydroxylation is 1. The van der Waals surface area contributed by atoms with Gasteiger partial charge in [-0.3, -0.25) is 4.79 Å². The van der Waals surface area contributed by atoms with Crippen LogP contribution in [-0.2, 0) is 4.79 Å². The van der Waals surface area contributed by atoms with E-state index >= 15 is 0 Å². The Bertz CT molecular complexity index is 448. The molecule has 1 aromatic carbocycles. The molecular weight excluding hydrogens is 214 g/mol. The molecule has 0 saturated heterocycles. The van der Waals surface area contributed by atoms with E-state index in [1.165, 1.54) is 0 Å². The SMILES string of the molecule is CCNC(=O)C(C)Nc1ccc(C#N)c(C)c1. The molecule has 4 nitrogen and oxygen atoms in total. The van der Waals surface area contributed by atoms with Crippen LogP contribution in [0, 0.1) is 18.3 Å². The number of amides is 1. The average molecular weight is 231 g/mol. The monoisotopic (exact) mass is 231 g/mol. The van der Waals surface area contributed by atoms with Crippen molar-refractivity contribution in [2.24, 2.45) is 0 Å². The zero-order chi connectivity index (χ0) is 12.8. The molecule has 0 bridgehead atoms. The maximum atomic E-state index is 11.5. The zero-order valence-electron chi connectivity index (χ0n) is 10.4. The summed E-state index contributed by atoms with van der Waals surface area (Å²) in [4.78, 5) is 11.5. The quantitative estimate of drug-likeness (QED) is 0.830. The van der Waals surface area contributed by atoms with Gasteiger partial charge in [-0.25, -0.2) is 0 Å². The summed E-state index contributed by atoms with van der Waals surface area (Å²) >= 11 is 0. The predicted molar refractivity (Wildman–Crippen MR) is 67.7 cm³/mol. The zero-order valence-corrected chi connectivity index (χ0v) is 10.4. The number of carbonyl (C=O) groups is 1. The normalized spacial score (nSPS) is 11.4. The third kappa shape index (κ3) is 3.49. The van der Waals surface area contributed by atoms with Gasteiger partial charge < -0.3 is 10.6 Å². The van der Waals surface area contributed by atoms with E-state index in [1.807, 2.05) is 19.9 Å². The molecule has 4 heteroatoms. The number of hydrogen-bond acceptors (Lipinski definition) is 3. The lowest BCUT2D eigenvalue weighted by molar-refractivity contribution is -0.121. The van der Waals surface area contributed by atoms with Crippen molar-refractivity contribution in [1.29, 1.82) is 5.26 Å². The van der Waals surface area contributed by atoms with Crippen molar-refractivity contribution in [2.45, 2.75) is 26.8 Å². The molecule has 0 aromatic heterocycles. The van der Waals surface area contributed by atoms with Gasteiger partial charge in [0.05, 0.1) is 11.6 Å². The molecule has 0 fully saturated rings. The van der Waals surface area contributed by atoms with Crippen LogP contribution in [0.3, 0.4) is 0 Å². The van der Waals surface area contributed by atoms with Crippen LogP contribution in [-0.4, -0.2) is 18.5 Å². The van der Waals surface area contributed by atoms with Gasteiger partial charge in [0.15, 0.2) is 0 Å². The van der Waals surface area contributed by atoms with Gasteiger partial charge in [-0.1, -0.05) is 0 Å². The van der Waals surface area contributed by atoms with E-state index in [9.17, 15) is 4.79 Å². The third-order valence-corrected chi connectivity index (χ3v) is 2.47. The van der Waals surface area contributed by atoms with E-state index in [4.69, 9.17) is 5.26 Å². The van der Waals surface area contributed by atoms with Crippen LogP contribution in [0.25, 0.3) is 0 Å². The Morgan fingerprint density at radius 1 is 1.53 bits per heavy atom. The number of nitrogens with zero attached hydrogens (tertiary/aromatic N) is 1. The summed E-state index contributed by atoms with van der Waals surface area (Å²) in [6, 6.07) is 7.25. The van der Waals surface area contributed by atoms with Gasteiger partial charge in [-0.15, -0.1) is 0 Å². The molecule has 1 amide bonds. The largest absolute Gasteiger partial charge is 0.374 e. The smallest absolute Gasteiger partial charge is 0.242 e. The highest BCUT2D eigenvalue weighted by atomic mass is 16.2. The minimum Gasteiger partial charge on any atom is -0.374 e. The lowest BCUT2D eigenvalue weighted by atomic mass is 10.1. The fraction of sp³-hybridized carbons (Fsp3) is 0.385. The molecule has 1 atom stereocenters. The van der Waals surface area contributed by atoms with E-state index in [1.54, 1.807) is 19.1 Å². The van der Waals surface area contributed by atoms with Crippen molar-refractivity contribution in [1.82, 2.24) is 5.32 Å². The fourth-order valence-corrected chi connectivity index (χ4v) is 1.52. The topological polar surface area (TPSA) is 64.9 Å². The van der Waals surface area contributed by atoms with Crippen LogP contribution in [0.1, 0.15) is 25.0 Å². The van der Waals surface area contributed by atoms with Crippen molar-refractivity contribution < 1.29 is 4.79 Å². The summed E-state index contributed by atoms with van der Waals surface area (Å²) in [6.45, 7) is 6.19. The maximum Gasteiger partial charge on any atom is 0.242 e. The number of hydrogen-bond donors (Lipinski definition) is 2. The fourth-order valence-electron chi connectivity index (χ4n) is 1.52. The lowest BCUT2D eigenvalue weighted by Crippen LogP contribution is -2.37. The second-order valence-corrected chi connectivity index (χ2v) is 3.90. The summed E-state index contributed by atoms with van der Waals surface area (Å²) in [7, 11) is 0. The summed E-state index contributed by atoms with van der Waals surface area (Å²) < 4.78 is 0. The first-order valence-corrected chi connectivity index (χ1v) is 5.63. The molecule has 0 spiro atoms. The Balaban J connectivity index is 2.73. The van der Waals surface area contributed by atoms with Crippen LogP contribution in [0.2, 0.25) is 0 Å². The van der Waals surface area contributed by atoms with E-state index in [2.05, 4.69) is 16.7 Å². The highest BCUT2D eigenvalue weighted by Crippen LogP contribution is 2.15. The molecule has 1 unspecified atom stereocenters. The first-order chi connectivity index (χ1) is 8.08. The Morgan fingerprint density at radius 2 is 2.24 bits per heavy atom. The summed E-state index contributed by atoms with van der Waals surface area (Å²) in [5.74, 6) is -0.0329. The van der Waals surface area contributed by atoms with Crippen LogP contribution in [0.4, 0.5) is 5.69 Å². The standard InChI is InChI=1S/C13H17N3O/c1-4-15-13(17)10(3)16-12-6-5-11(8-14)9(2)7-12/h5-7,10,16H,4H2,1-3H3,(H,15,17). The Kier molecular flexibility index (Phi) is 4.53. The number of nitriles is 1. The van der Waals surface area contributed by atoms with Crippen molar-refractivity contribution in [3.63, 3.8) is 0 Å². The predicted octanol–water partition coefficient (Wildman–Crippen LogP) is 1.80.